The lowest BCUT2D eigenvalue weighted by Gasteiger charge is -2.31. The molecule has 0 aromatic heterocycles. The average Bonchev–Trinajstić information content (AvgIpc) is 2.26. The Labute approximate surface area is 117 Å². The van der Waals surface area contributed by atoms with Crippen LogP contribution in [-0.4, -0.2) is 28.8 Å². The number of ether oxygens (including phenoxy) is 1. The molecule has 2 unspecified atom stereocenters. The summed E-state index contributed by atoms with van der Waals surface area (Å²) in [5.74, 6) is 0.0846. The maximum absolute atomic E-state index is 11.8. The van der Waals surface area contributed by atoms with Crippen LogP contribution >= 0.6 is 15.9 Å². The standard InChI is InChI=1S/C13H22BrNO3/c1-13(2,3)18-12(17)15-10-7-5-4-6-9(10)11(16)8-14/h9-10H,4-8H2,1-3H3,(H,15,17). The van der Waals surface area contributed by atoms with Crippen molar-refractivity contribution in [3.63, 3.8) is 0 Å². The first-order valence-corrected chi connectivity index (χ1v) is 7.54. The number of carbonyl (C=O) groups is 2. The van der Waals surface area contributed by atoms with Crippen molar-refractivity contribution in [3.8, 4) is 0 Å². The molecule has 0 saturated heterocycles. The van der Waals surface area contributed by atoms with Crippen molar-refractivity contribution in [2.24, 2.45) is 5.92 Å². The topological polar surface area (TPSA) is 55.4 Å². The van der Waals surface area contributed by atoms with Crippen LogP contribution in [-0.2, 0) is 9.53 Å². The Balaban J connectivity index is 2.57. The summed E-state index contributed by atoms with van der Waals surface area (Å²) >= 11 is 3.20. The summed E-state index contributed by atoms with van der Waals surface area (Å²) in [5, 5.41) is 3.19. The van der Waals surface area contributed by atoms with Gasteiger partial charge in [-0.05, 0) is 33.6 Å². The molecule has 1 amide bonds. The lowest BCUT2D eigenvalue weighted by molar-refractivity contribution is -0.121. The first-order valence-electron chi connectivity index (χ1n) is 6.41. The van der Waals surface area contributed by atoms with Crippen LogP contribution in [0.5, 0.6) is 0 Å². The Hall–Kier alpha value is -0.580. The van der Waals surface area contributed by atoms with Crippen molar-refractivity contribution >= 4 is 27.8 Å². The van der Waals surface area contributed by atoms with Crippen molar-refractivity contribution in [2.45, 2.75) is 58.1 Å². The Morgan fingerprint density at radius 1 is 1.28 bits per heavy atom. The summed E-state index contributed by atoms with van der Waals surface area (Å²) in [7, 11) is 0. The van der Waals surface area contributed by atoms with Gasteiger partial charge in [-0.2, -0.15) is 0 Å². The second-order valence-electron chi connectivity index (χ2n) is 5.74. The maximum Gasteiger partial charge on any atom is 0.407 e. The molecule has 0 spiro atoms. The summed E-state index contributed by atoms with van der Waals surface area (Å²) in [4.78, 5) is 23.5. The van der Waals surface area contributed by atoms with Gasteiger partial charge in [-0.25, -0.2) is 4.79 Å². The molecule has 1 rings (SSSR count). The van der Waals surface area contributed by atoms with Gasteiger partial charge in [0.15, 0.2) is 0 Å². The van der Waals surface area contributed by atoms with E-state index >= 15 is 0 Å². The molecule has 0 bridgehead atoms. The number of alkyl carbamates (subject to hydrolysis) is 1. The molecule has 1 fully saturated rings. The van der Waals surface area contributed by atoms with Crippen molar-refractivity contribution in [3.05, 3.63) is 0 Å². The van der Waals surface area contributed by atoms with E-state index < -0.39 is 11.7 Å². The van der Waals surface area contributed by atoms with Gasteiger partial charge in [0.05, 0.1) is 5.33 Å². The molecule has 2 atom stereocenters. The van der Waals surface area contributed by atoms with E-state index in [1.165, 1.54) is 0 Å². The molecule has 0 aromatic rings. The lowest BCUT2D eigenvalue weighted by atomic mass is 9.82. The van der Waals surface area contributed by atoms with Crippen LogP contribution in [0, 0.1) is 5.92 Å². The maximum atomic E-state index is 11.8. The quantitative estimate of drug-likeness (QED) is 0.813. The van der Waals surface area contributed by atoms with Gasteiger partial charge in [-0.1, -0.05) is 28.8 Å². The van der Waals surface area contributed by atoms with Gasteiger partial charge in [0.25, 0.3) is 0 Å². The zero-order valence-electron chi connectivity index (χ0n) is 11.3. The predicted molar refractivity (Wildman–Crippen MR) is 73.9 cm³/mol. The molecular formula is C13H22BrNO3. The molecule has 1 aliphatic rings. The molecule has 0 radical (unpaired) electrons. The third-order valence-corrected chi connectivity index (χ3v) is 3.57. The van der Waals surface area contributed by atoms with Crippen LogP contribution in [0.25, 0.3) is 0 Å². The molecule has 18 heavy (non-hydrogen) atoms. The van der Waals surface area contributed by atoms with Crippen LogP contribution in [0.3, 0.4) is 0 Å². The van der Waals surface area contributed by atoms with Crippen molar-refractivity contribution in [1.82, 2.24) is 5.32 Å². The SMILES string of the molecule is CC(C)(C)OC(=O)NC1CCCCC1C(=O)CBr. The smallest absolute Gasteiger partial charge is 0.407 e. The minimum absolute atomic E-state index is 0.0781. The highest BCUT2D eigenvalue weighted by Crippen LogP contribution is 2.26. The van der Waals surface area contributed by atoms with E-state index in [-0.39, 0.29) is 17.7 Å². The van der Waals surface area contributed by atoms with Crippen LogP contribution in [0.1, 0.15) is 46.5 Å². The first-order chi connectivity index (χ1) is 8.33. The van der Waals surface area contributed by atoms with Crippen LogP contribution in [0.2, 0.25) is 0 Å². The monoisotopic (exact) mass is 319 g/mol. The molecule has 1 saturated carbocycles. The van der Waals surface area contributed by atoms with E-state index in [0.717, 1.165) is 25.7 Å². The Morgan fingerprint density at radius 2 is 1.89 bits per heavy atom. The summed E-state index contributed by atoms with van der Waals surface area (Å²) in [6.45, 7) is 5.48. The fraction of sp³-hybridized carbons (Fsp3) is 0.846. The van der Waals surface area contributed by atoms with Gasteiger partial charge >= 0.3 is 6.09 Å². The number of amides is 1. The number of carbonyl (C=O) groups excluding carboxylic acids is 2. The molecule has 0 aliphatic heterocycles. The summed E-state index contributed by atoms with van der Waals surface area (Å²) in [5.41, 5.74) is -0.506. The zero-order valence-corrected chi connectivity index (χ0v) is 12.9. The number of hydrogen-bond donors (Lipinski definition) is 1. The number of rotatable bonds is 3. The predicted octanol–water partition coefficient (Wildman–Crippen LogP) is 3.03. The van der Waals surface area contributed by atoms with Crippen molar-refractivity contribution in [1.29, 1.82) is 0 Å². The summed E-state index contributed by atoms with van der Waals surface area (Å²) in [6.07, 6.45) is 3.37. The molecule has 0 heterocycles. The Morgan fingerprint density at radius 3 is 2.44 bits per heavy atom. The van der Waals surface area contributed by atoms with Gasteiger partial charge in [-0.15, -0.1) is 0 Å². The molecule has 104 valence electrons. The highest BCUT2D eigenvalue weighted by Gasteiger charge is 2.32. The molecule has 0 aromatic carbocycles. The van der Waals surface area contributed by atoms with Gasteiger partial charge in [0, 0.05) is 12.0 Å². The van der Waals surface area contributed by atoms with Crippen molar-refractivity contribution in [2.75, 3.05) is 5.33 Å². The fourth-order valence-corrected chi connectivity index (χ4v) is 2.66. The highest BCUT2D eigenvalue weighted by atomic mass is 79.9. The second kappa shape index (κ2) is 6.55. The Kier molecular flexibility index (Phi) is 5.63. The molecule has 4 nitrogen and oxygen atoms in total. The number of Topliss-reactive ketones (excluding diaryl/α,β-unsaturated/α-hetero) is 1. The van der Waals surface area contributed by atoms with Gasteiger partial charge in [0.1, 0.15) is 11.4 Å². The van der Waals surface area contributed by atoms with Gasteiger partial charge in [-0.3, -0.25) is 4.79 Å². The zero-order chi connectivity index (χ0) is 13.8. The van der Waals surface area contributed by atoms with E-state index in [2.05, 4.69) is 21.2 Å². The fourth-order valence-electron chi connectivity index (χ4n) is 2.25. The van der Waals surface area contributed by atoms with Gasteiger partial charge in [0.2, 0.25) is 0 Å². The third-order valence-electron chi connectivity index (χ3n) is 3.01. The van der Waals surface area contributed by atoms with Crippen LogP contribution in [0.4, 0.5) is 4.79 Å². The van der Waals surface area contributed by atoms with Gasteiger partial charge < -0.3 is 10.1 Å². The largest absolute Gasteiger partial charge is 0.444 e. The van der Waals surface area contributed by atoms with E-state index in [1.807, 2.05) is 20.8 Å². The normalized spacial score (nSPS) is 24.4. The van der Waals surface area contributed by atoms with Crippen LogP contribution in [0.15, 0.2) is 0 Å². The molecule has 5 heteroatoms. The first kappa shape index (κ1) is 15.5. The van der Waals surface area contributed by atoms with Crippen LogP contribution < -0.4 is 5.32 Å². The second-order valence-corrected chi connectivity index (χ2v) is 6.30. The summed E-state index contributed by atoms with van der Waals surface area (Å²) in [6, 6.07) is -0.0846. The lowest BCUT2D eigenvalue weighted by Crippen LogP contribution is -2.47. The van der Waals surface area contributed by atoms with E-state index in [4.69, 9.17) is 4.74 Å². The number of alkyl halides is 1. The average molecular weight is 320 g/mol. The number of nitrogens with one attached hydrogen (secondary N) is 1. The minimum Gasteiger partial charge on any atom is -0.444 e. The Bertz CT molecular complexity index is 312. The van der Waals surface area contributed by atoms with E-state index in [9.17, 15) is 9.59 Å². The van der Waals surface area contributed by atoms with E-state index in [1.54, 1.807) is 0 Å². The number of ketones is 1. The highest BCUT2D eigenvalue weighted by molar-refractivity contribution is 9.09. The van der Waals surface area contributed by atoms with Crippen molar-refractivity contribution < 1.29 is 14.3 Å². The third kappa shape index (κ3) is 4.96. The summed E-state index contributed by atoms with van der Waals surface area (Å²) < 4.78 is 5.23. The van der Waals surface area contributed by atoms with E-state index in [0.29, 0.717) is 5.33 Å². The molecular weight excluding hydrogens is 298 g/mol. The minimum atomic E-state index is -0.506. The molecule has 1 aliphatic carbocycles. The molecule has 1 N–H and O–H groups in total. The number of halogens is 1. The number of hydrogen-bond acceptors (Lipinski definition) is 3.